The lowest BCUT2D eigenvalue weighted by atomic mass is 9.94. The van der Waals surface area contributed by atoms with Crippen molar-refractivity contribution in [2.45, 2.75) is 52.1 Å². The van der Waals surface area contributed by atoms with E-state index in [0.29, 0.717) is 61.1 Å². The normalized spacial score (nSPS) is 21.6. The Hall–Kier alpha value is -2.90. The molecule has 1 N–H and O–H groups in total. The first-order chi connectivity index (χ1) is 15.9. The summed E-state index contributed by atoms with van der Waals surface area (Å²) < 4.78 is 10.7. The fraction of sp³-hybridized carbons (Fsp3) is 0.565. The number of piperidine rings is 1. The van der Waals surface area contributed by atoms with Crippen molar-refractivity contribution in [3.8, 4) is 6.07 Å². The maximum atomic E-state index is 11.6. The molecule has 1 aromatic heterocycles. The van der Waals surface area contributed by atoms with Gasteiger partial charge in [0.2, 0.25) is 5.13 Å². The largest absolute Gasteiger partial charge is 0.490 e. The molecule has 0 bridgehead atoms. The topological polar surface area (TPSA) is 125 Å². The molecule has 0 amide bonds. The minimum atomic E-state index is -0.196. The summed E-state index contributed by atoms with van der Waals surface area (Å²) in [6, 6.07) is 2.24. The lowest BCUT2D eigenvalue weighted by Gasteiger charge is -2.31. The van der Waals surface area contributed by atoms with Crippen LogP contribution in [0.15, 0.2) is 28.5 Å². The molecule has 176 valence electrons. The van der Waals surface area contributed by atoms with E-state index >= 15 is 0 Å². The van der Waals surface area contributed by atoms with Gasteiger partial charge >= 0.3 is 5.97 Å². The zero-order valence-electron chi connectivity index (χ0n) is 19.3. The molecular weight excluding hydrogens is 440 g/mol. The highest BCUT2D eigenvalue weighted by Gasteiger charge is 2.25. The van der Waals surface area contributed by atoms with E-state index < -0.39 is 0 Å². The first kappa shape index (κ1) is 24.7. The molecule has 2 atom stereocenters. The summed E-state index contributed by atoms with van der Waals surface area (Å²) in [5.41, 5.74) is 1.24. The van der Waals surface area contributed by atoms with Crippen LogP contribution in [-0.4, -0.2) is 65.3 Å². The van der Waals surface area contributed by atoms with Gasteiger partial charge < -0.3 is 19.8 Å². The first-order valence-electron chi connectivity index (χ1n) is 11.2. The number of carbonyl (C=O) groups excluding carboxylic acids is 1. The van der Waals surface area contributed by atoms with E-state index in [0.717, 1.165) is 11.6 Å². The monoisotopic (exact) mass is 470 g/mol. The molecule has 2 heterocycles. The Morgan fingerprint density at radius 3 is 3.03 bits per heavy atom. The molecule has 1 saturated heterocycles. The third-order valence-corrected chi connectivity index (χ3v) is 6.31. The average Bonchev–Trinajstić information content (AvgIpc) is 3.27. The molecular formula is C23H30N6O3S. The first-order valence-corrected chi connectivity index (χ1v) is 12.0. The van der Waals surface area contributed by atoms with E-state index in [1.807, 2.05) is 26.0 Å². The molecule has 33 heavy (non-hydrogen) atoms. The van der Waals surface area contributed by atoms with Gasteiger partial charge in [-0.3, -0.25) is 4.79 Å². The molecule has 3 rings (SSSR count). The Bertz CT molecular complexity index is 991. The van der Waals surface area contributed by atoms with Crippen molar-refractivity contribution in [1.29, 1.82) is 10.7 Å². The Labute approximate surface area is 198 Å². The molecule has 2 aliphatic rings. The predicted molar refractivity (Wildman–Crippen MR) is 127 cm³/mol. The Balaban J connectivity index is 1.58. The second-order valence-corrected chi connectivity index (χ2v) is 9.22. The number of nitrogens with one attached hydrogen (secondary N) is 1. The van der Waals surface area contributed by atoms with Crippen LogP contribution in [0.1, 0.15) is 51.0 Å². The second kappa shape index (κ2) is 11.8. The number of aliphatic imine (C=N–C) groups is 1. The van der Waals surface area contributed by atoms with Crippen LogP contribution in [0.4, 0.5) is 5.13 Å². The van der Waals surface area contributed by atoms with Crippen LogP contribution in [0.5, 0.6) is 0 Å². The van der Waals surface area contributed by atoms with Gasteiger partial charge in [-0.05, 0) is 39.7 Å². The fourth-order valence-electron chi connectivity index (χ4n) is 3.68. The maximum Gasteiger partial charge on any atom is 0.307 e. The van der Waals surface area contributed by atoms with E-state index in [9.17, 15) is 10.1 Å². The van der Waals surface area contributed by atoms with Crippen molar-refractivity contribution in [2.24, 2.45) is 10.9 Å². The van der Waals surface area contributed by atoms with Crippen LogP contribution < -0.4 is 0 Å². The highest BCUT2D eigenvalue weighted by atomic mass is 32.1. The maximum absolute atomic E-state index is 11.6. The van der Waals surface area contributed by atoms with Gasteiger partial charge in [-0.1, -0.05) is 17.4 Å². The number of hydrogen-bond donors (Lipinski definition) is 1. The van der Waals surface area contributed by atoms with Gasteiger partial charge in [0.1, 0.15) is 10.8 Å². The summed E-state index contributed by atoms with van der Waals surface area (Å²) in [7, 11) is 0. The van der Waals surface area contributed by atoms with Gasteiger partial charge in [0.05, 0.1) is 30.8 Å². The summed E-state index contributed by atoms with van der Waals surface area (Å²) in [4.78, 5) is 18.3. The Morgan fingerprint density at radius 2 is 2.30 bits per heavy atom. The summed E-state index contributed by atoms with van der Waals surface area (Å²) in [5, 5.41) is 27.5. The SMILES string of the molecule is CCOC(=O)CCN1CCC(=N)C(C=Nc2nnc(C3C=CC(OC(C)C)=C(C#N)C3)s2)C1. The number of nitrogens with zero attached hydrogens (tertiary/aromatic N) is 5. The van der Waals surface area contributed by atoms with E-state index in [-0.39, 0.29) is 23.9 Å². The summed E-state index contributed by atoms with van der Waals surface area (Å²) >= 11 is 1.39. The quantitative estimate of drug-likeness (QED) is 0.430. The van der Waals surface area contributed by atoms with Crippen LogP contribution in [0.2, 0.25) is 0 Å². The summed E-state index contributed by atoms with van der Waals surface area (Å²) in [6.07, 6.45) is 7.12. The standard InChI is InChI=1S/C23H30N6O3S/c1-4-31-21(30)8-10-29-9-7-19(25)18(14-29)13-26-23-28-27-22(33-23)16-5-6-20(32-15(2)3)17(11-16)12-24/h5-6,13,15-16,18,25H,4,7-11,14H2,1-3H3. The van der Waals surface area contributed by atoms with Crippen LogP contribution >= 0.6 is 11.3 Å². The Morgan fingerprint density at radius 1 is 1.48 bits per heavy atom. The van der Waals surface area contributed by atoms with Crippen molar-refractivity contribution < 1.29 is 14.3 Å². The van der Waals surface area contributed by atoms with Gasteiger partial charge in [0, 0.05) is 43.4 Å². The Kier molecular flexibility index (Phi) is 8.86. The molecule has 1 fully saturated rings. The number of esters is 1. The third-order valence-electron chi connectivity index (χ3n) is 5.35. The van der Waals surface area contributed by atoms with Crippen molar-refractivity contribution in [3.63, 3.8) is 0 Å². The molecule has 0 radical (unpaired) electrons. The highest BCUT2D eigenvalue weighted by Crippen LogP contribution is 2.35. The van der Waals surface area contributed by atoms with E-state index in [4.69, 9.17) is 14.9 Å². The van der Waals surface area contributed by atoms with Crippen molar-refractivity contribution in [2.75, 3.05) is 26.2 Å². The van der Waals surface area contributed by atoms with Crippen LogP contribution in [0.25, 0.3) is 0 Å². The lowest BCUT2D eigenvalue weighted by Crippen LogP contribution is -2.42. The lowest BCUT2D eigenvalue weighted by molar-refractivity contribution is -0.143. The molecule has 0 aromatic carbocycles. The number of nitriles is 1. The number of likely N-dealkylation sites (tertiary alicyclic amines) is 1. The second-order valence-electron chi connectivity index (χ2n) is 8.23. The predicted octanol–water partition coefficient (Wildman–Crippen LogP) is 3.78. The summed E-state index contributed by atoms with van der Waals surface area (Å²) in [6.45, 7) is 8.08. The number of rotatable bonds is 9. The zero-order valence-corrected chi connectivity index (χ0v) is 20.1. The molecule has 2 unspecified atom stereocenters. The van der Waals surface area contributed by atoms with Crippen molar-refractivity contribution >= 4 is 34.4 Å². The zero-order chi connectivity index (χ0) is 23.8. The van der Waals surface area contributed by atoms with Crippen molar-refractivity contribution in [1.82, 2.24) is 15.1 Å². The number of carbonyl (C=O) groups is 1. The number of ether oxygens (including phenoxy) is 2. The molecule has 1 aliphatic carbocycles. The molecule has 0 saturated carbocycles. The summed E-state index contributed by atoms with van der Waals surface area (Å²) in [5.74, 6) is 0.271. The minimum Gasteiger partial charge on any atom is -0.490 e. The van der Waals surface area contributed by atoms with Crippen LogP contribution in [0, 0.1) is 22.7 Å². The fourth-order valence-corrected chi connectivity index (χ4v) is 4.45. The van der Waals surface area contributed by atoms with Crippen LogP contribution in [0.3, 0.4) is 0 Å². The van der Waals surface area contributed by atoms with Gasteiger partial charge in [0.15, 0.2) is 0 Å². The minimum absolute atomic E-state index is 0.00613. The molecule has 1 aromatic rings. The molecule has 0 spiro atoms. The molecule has 10 heteroatoms. The molecule has 1 aliphatic heterocycles. The van der Waals surface area contributed by atoms with E-state index in [1.165, 1.54) is 11.3 Å². The number of aromatic nitrogens is 2. The van der Waals surface area contributed by atoms with Crippen molar-refractivity contribution in [3.05, 3.63) is 28.5 Å². The van der Waals surface area contributed by atoms with Gasteiger partial charge in [-0.15, -0.1) is 10.2 Å². The van der Waals surface area contributed by atoms with E-state index in [1.54, 1.807) is 13.1 Å². The van der Waals surface area contributed by atoms with Gasteiger partial charge in [0.25, 0.3) is 0 Å². The number of allylic oxidation sites excluding steroid dienone is 3. The average molecular weight is 471 g/mol. The molecule has 9 nitrogen and oxygen atoms in total. The van der Waals surface area contributed by atoms with Gasteiger partial charge in [-0.25, -0.2) is 4.99 Å². The van der Waals surface area contributed by atoms with E-state index in [2.05, 4.69) is 26.2 Å². The third kappa shape index (κ3) is 7.04. The highest BCUT2D eigenvalue weighted by molar-refractivity contribution is 7.15. The van der Waals surface area contributed by atoms with Gasteiger partial charge in [-0.2, -0.15) is 5.26 Å². The smallest absolute Gasteiger partial charge is 0.307 e. The van der Waals surface area contributed by atoms with Crippen LogP contribution in [-0.2, 0) is 14.3 Å². The number of hydrogen-bond acceptors (Lipinski definition) is 10.